The number of phenols is 1. The van der Waals surface area contributed by atoms with Gasteiger partial charge in [0.05, 0.1) is 6.54 Å². The van der Waals surface area contributed by atoms with Crippen LogP contribution in [-0.4, -0.2) is 19.6 Å². The molecule has 2 aromatic heterocycles. The van der Waals surface area contributed by atoms with Crippen molar-refractivity contribution in [1.82, 2.24) is 14.5 Å². The molecule has 124 valence electrons. The smallest absolute Gasteiger partial charge is 0.433 e. The largest absolute Gasteiger partial charge is 0.508 e. The summed E-state index contributed by atoms with van der Waals surface area (Å²) in [6.45, 7) is 2.20. The van der Waals surface area contributed by atoms with Crippen LogP contribution >= 0.6 is 0 Å². The molecule has 0 atom stereocenters. The average Bonchev–Trinajstić information content (AvgIpc) is 2.90. The van der Waals surface area contributed by atoms with Crippen molar-refractivity contribution in [3.05, 3.63) is 65.7 Å². The number of pyridine rings is 1. The second-order valence-corrected chi connectivity index (χ2v) is 5.37. The van der Waals surface area contributed by atoms with Gasteiger partial charge in [-0.1, -0.05) is 18.2 Å². The molecule has 1 N–H and O–H groups in total. The van der Waals surface area contributed by atoms with E-state index in [1.54, 1.807) is 30.5 Å². The van der Waals surface area contributed by atoms with E-state index in [0.717, 1.165) is 18.0 Å². The molecular weight excluding hydrogens is 319 g/mol. The van der Waals surface area contributed by atoms with Gasteiger partial charge in [0.15, 0.2) is 0 Å². The summed E-state index contributed by atoms with van der Waals surface area (Å²) in [5, 5.41) is 9.92. The van der Waals surface area contributed by atoms with Gasteiger partial charge in [-0.25, -0.2) is 4.98 Å². The number of rotatable bonds is 3. The zero-order valence-electron chi connectivity index (χ0n) is 12.7. The first-order valence-electron chi connectivity index (χ1n) is 7.19. The lowest BCUT2D eigenvalue weighted by atomic mass is 10.2. The molecule has 0 bridgehead atoms. The number of hydrogen-bond donors (Lipinski definition) is 1. The first kappa shape index (κ1) is 16.0. The molecule has 1 aromatic carbocycles. The van der Waals surface area contributed by atoms with Gasteiger partial charge >= 0.3 is 6.18 Å². The number of aromatic hydroxyl groups is 1. The fourth-order valence-electron chi connectivity index (χ4n) is 2.40. The number of aryl methyl sites for hydroxylation is 1. The van der Waals surface area contributed by atoms with E-state index < -0.39 is 11.9 Å². The Balaban J connectivity index is 1.97. The van der Waals surface area contributed by atoms with E-state index in [-0.39, 0.29) is 5.75 Å². The van der Waals surface area contributed by atoms with Crippen molar-refractivity contribution in [2.24, 2.45) is 0 Å². The van der Waals surface area contributed by atoms with Gasteiger partial charge in [-0.2, -0.15) is 13.2 Å². The number of alkyl halides is 3. The summed E-state index contributed by atoms with van der Waals surface area (Å²) >= 11 is 0. The van der Waals surface area contributed by atoms with Gasteiger partial charge in [0.25, 0.3) is 0 Å². The second kappa shape index (κ2) is 5.99. The molecule has 4 nitrogen and oxygen atoms in total. The standard InChI is InChI=1S/C17H14F3N3O/c1-11-8-22-16(12-6-7-15(21-9-12)17(18,19)20)23(11)10-13-4-2-3-5-14(13)24/h2-9,24H,10H2,1H3. The van der Waals surface area contributed by atoms with Crippen molar-refractivity contribution in [2.45, 2.75) is 19.6 Å². The average molecular weight is 333 g/mol. The molecule has 2 heterocycles. The Hall–Kier alpha value is -2.83. The zero-order valence-corrected chi connectivity index (χ0v) is 12.7. The molecule has 24 heavy (non-hydrogen) atoms. The summed E-state index contributed by atoms with van der Waals surface area (Å²) in [4.78, 5) is 7.74. The number of benzene rings is 1. The Labute approximate surface area is 136 Å². The molecule has 0 saturated heterocycles. The maximum atomic E-state index is 12.6. The Bertz CT molecular complexity index is 854. The fraction of sp³-hybridized carbons (Fsp3) is 0.176. The first-order valence-corrected chi connectivity index (χ1v) is 7.19. The fourth-order valence-corrected chi connectivity index (χ4v) is 2.40. The summed E-state index contributed by atoms with van der Waals surface area (Å²) < 4.78 is 39.7. The quantitative estimate of drug-likeness (QED) is 0.787. The molecule has 0 spiro atoms. The molecule has 0 aliphatic heterocycles. The maximum Gasteiger partial charge on any atom is 0.433 e. The van der Waals surface area contributed by atoms with Gasteiger partial charge in [-0.3, -0.25) is 4.98 Å². The van der Waals surface area contributed by atoms with Crippen LogP contribution < -0.4 is 0 Å². The number of imidazole rings is 1. The highest BCUT2D eigenvalue weighted by atomic mass is 19.4. The summed E-state index contributed by atoms with van der Waals surface area (Å²) in [5.41, 5.74) is 1.06. The Kier molecular flexibility index (Phi) is 4.01. The van der Waals surface area contributed by atoms with E-state index in [1.165, 1.54) is 6.07 Å². The van der Waals surface area contributed by atoms with E-state index in [2.05, 4.69) is 9.97 Å². The lowest BCUT2D eigenvalue weighted by Gasteiger charge is -2.12. The van der Waals surface area contributed by atoms with Crippen molar-refractivity contribution in [3.8, 4) is 17.1 Å². The first-order chi connectivity index (χ1) is 11.4. The number of aromatic nitrogens is 3. The lowest BCUT2D eigenvalue weighted by Crippen LogP contribution is -2.08. The zero-order chi connectivity index (χ0) is 17.3. The predicted molar refractivity (Wildman–Crippen MR) is 82.4 cm³/mol. The predicted octanol–water partition coefficient (Wildman–Crippen LogP) is 4.03. The van der Waals surface area contributed by atoms with E-state index in [9.17, 15) is 18.3 Å². The molecule has 7 heteroatoms. The molecule has 0 amide bonds. The number of phenolic OH excluding ortho intramolecular Hbond substituents is 1. The number of hydrogen-bond acceptors (Lipinski definition) is 3. The topological polar surface area (TPSA) is 50.9 Å². The second-order valence-electron chi connectivity index (χ2n) is 5.37. The van der Waals surface area contributed by atoms with Crippen LogP contribution in [0.3, 0.4) is 0 Å². The molecule has 3 aromatic rings. The maximum absolute atomic E-state index is 12.6. The van der Waals surface area contributed by atoms with Crippen LogP contribution in [0.15, 0.2) is 48.8 Å². The summed E-state index contributed by atoms with van der Waals surface area (Å²) in [6, 6.07) is 9.17. The van der Waals surface area contributed by atoms with Crippen LogP contribution in [0.2, 0.25) is 0 Å². The van der Waals surface area contributed by atoms with Crippen LogP contribution in [0.1, 0.15) is 17.0 Å². The van der Waals surface area contributed by atoms with Gasteiger partial charge in [-0.05, 0) is 25.1 Å². The molecule has 0 fully saturated rings. The lowest BCUT2D eigenvalue weighted by molar-refractivity contribution is -0.141. The van der Waals surface area contributed by atoms with E-state index in [4.69, 9.17) is 0 Å². The van der Waals surface area contributed by atoms with Crippen molar-refractivity contribution in [1.29, 1.82) is 0 Å². The van der Waals surface area contributed by atoms with Crippen LogP contribution in [0.5, 0.6) is 5.75 Å². The van der Waals surface area contributed by atoms with Crippen LogP contribution in [0.4, 0.5) is 13.2 Å². The minimum Gasteiger partial charge on any atom is -0.508 e. The third kappa shape index (κ3) is 3.10. The van der Waals surface area contributed by atoms with Crippen LogP contribution in [0, 0.1) is 6.92 Å². The SMILES string of the molecule is Cc1cnc(-c2ccc(C(F)(F)F)nc2)n1Cc1ccccc1O. The highest BCUT2D eigenvalue weighted by Gasteiger charge is 2.32. The minimum absolute atomic E-state index is 0.155. The molecule has 0 aliphatic carbocycles. The van der Waals surface area contributed by atoms with Crippen molar-refractivity contribution < 1.29 is 18.3 Å². The highest BCUT2D eigenvalue weighted by molar-refractivity contribution is 5.55. The summed E-state index contributed by atoms with van der Waals surface area (Å²) in [6.07, 6.45) is -1.68. The molecule has 0 radical (unpaired) electrons. The number of para-hydroxylation sites is 1. The van der Waals surface area contributed by atoms with Gasteiger partial charge in [0.1, 0.15) is 17.3 Å². The van der Waals surface area contributed by atoms with Gasteiger partial charge in [0, 0.05) is 29.2 Å². The van der Waals surface area contributed by atoms with Gasteiger partial charge < -0.3 is 9.67 Å². The molecule has 0 unspecified atom stereocenters. The van der Waals surface area contributed by atoms with Crippen molar-refractivity contribution in [2.75, 3.05) is 0 Å². The summed E-state index contributed by atoms with van der Waals surface area (Å²) in [5.74, 6) is 0.652. The third-order valence-corrected chi connectivity index (χ3v) is 3.69. The van der Waals surface area contributed by atoms with Gasteiger partial charge in [0.2, 0.25) is 0 Å². The number of nitrogens with zero attached hydrogens (tertiary/aromatic N) is 3. The Morgan fingerprint density at radius 3 is 2.42 bits per heavy atom. The molecule has 0 saturated carbocycles. The molecule has 3 rings (SSSR count). The molecular formula is C17H14F3N3O. The van der Waals surface area contributed by atoms with Crippen molar-refractivity contribution in [3.63, 3.8) is 0 Å². The molecule has 0 aliphatic rings. The van der Waals surface area contributed by atoms with E-state index in [1.807, 2.05) is 11.5 Å². The highest BCUT2D eigenvalue weighted by Crippen LogP contribution is 2.29. The van der Waals surface area contributed by atoms with E-state index in [0.29, 0.717) is 23.5 Å². The van der Waals surface area contributed by atoms with E-state index >= 15 is 0 Å². The minimum atomic E-state index is -4.47. The van der Waals surface area contributed by atoms with Crippen LogP contribution in [0.25, 0.3) is 11.4 Å². The third-order valence-electron chi connectivity index (χ3n) is 3.69. The Morgan fingerprint density at radius 2 is 1.79 bits per heavy atom. The Morgan fingerprint density at radius 1 is 1.04 bits per heavy atom. The monoisotopic (exact) mass is 333 g/mol. The number of halogens is 3. The normalized spacial score (nSPS) is 11.7. The van der Waals surface area contributed by atoms with Crippen LogP contribution in [-0.2, 0) is 12.7 Å². The summed E-state index contributed by atoms with van der Waals surface area (Å²) in [7, 11) is 0. The van der Waals surface area contributed by atoms with Crippen molar-refractivity contribution >= 4 is 0 Å². The van der Waals surface area contributed by atoms with Gasteiger partial charge in [-0.15, -0.1) is 0 Å².